The van der Waals surface area contributed by atoms with Gasteiger partial charge in [0.1, 0.15) is 23.1 Å². The Morgan fingerprint density at radius 1 is 1.30 bits per heavy atom. The van der Waals surface area contributed by atoms with Gasteiger partial charge in [-0.3, -0.25) is 0 Å². The minimum Gasteiger partial charge on any atom is -0.337 e. The molecule has 0 aliphatic carbocycles. The molecule has 0 aliphatic rings. The third kappa shape index (κ3) is 2.08. The normalized spacial score (nSPS) is 11.0. The van der Waals surface area contributed by atoms with Gasteiger partial charge in [-0.05, 0) is 31.5 Å². The van der Waals surface area contributed by atoms with E-state index in [4.69, 9.17) is 11.6 Å². The SMILES string of the molecule is Cc1ccc(F)c(Nc2c(C)c(Cl)nc3ncnn23)c1. The van der Waals surface area contributed by atoms with Gasteiger partial charge in [-0.25, -0.2) is 4.39 Å². The fraction of sp³-hybridized carbons (Fsp3) is 0.154. The number of nitrogens with zero attached hydrogens (tertiary/aromatic N) is 4. The molecule has 1 N–H and O–H groups in total. The Morgan fingerprint density at radius 3 is 2.90 bits per heavy atom. The molecule has 0 saturated carbocycles. The van der Waals surface area contributed by atoms with Gasteiger partial charge in [0.05, 0.1) is 5.69 Å². The fourth-order valence-corrected chi connectivity index (χ4v) is 2.07. The second-order valence-electron chi connectivity index (χ2n) is 4.46. The van der Waals surface area contributed by atoms with Gasteiger partial charge in [0.2, 0.25) is 0 Å². The van der Waals surface area contributed by atoms with E-state index in [1.165, 1.54) is 16.9 Å². The van der Waals surface area contributed by atoms with E-state index in [9.17, 15) is 4.39 Å². The van der Waals surface area contributed by atoms with Crippen molar-refractivity contribution in [2.45, 2.75) is 13.8 Å². The van der Waals surface area contributed by atoms with Gasteiger partial charge in [-0.15, -0.1) is 0 Å². The van der Waals surface area contributed by atoms with E-state index in [1.807, 2.05) is 6.92 Å². The molecule has 20 heavy (non-hydrogen) atoms. The maximum atomic E-state index is 13.9. The second-order valence-corrected chi connectivity index (χ2v) is 4.81. The number of fused-ring (bicyclic) bond motifs is 1. The van der Waals surface area contributed by atoms with Crippen molar-refractivity contribution < 1.29 is 4.39 Å². The maximum absolute atomic E-state index is 13.9. The van der Waals surface area contributed by atoms with Gasteiger partial charge in [0, 0.05) is 5.56 Å². The van der Waals surface area contributed by atoms with E-state index in [0.29, 0.717) is 28.0 Å². The number of hydrogen-bond acceptors (Lipinski definition) is 4. The van der Waals surface area contributed by atoms with E-state index < -0.39 is 0 Å². The highest BCUT2D eigenvalue weighted by Crippen LogP contribution is 2.27. The minimum absolute atomic E-state index is 0.307. The summed E-state index contributed by atoms with van der Waals surface area (Å²) in [6.07, 6.45) is 1.37. The molecule has 0 atom stereocenters. The van der Waals surface area contributed by atoms with Crippen molar-refractivity contribution in [1.82, 2.24) is 19.6 Å². The lowest BCUT2D eigenvalue weighted by Crippen LogP contribution is -2.06. The average molecular weight is 292 g/mol. The number of anilines is 2. The number of benzene rings is 1. The number of hydrogen-bond donors (Lipinski definition) is 1. The van der Waals surface area contributed by atoms with Crippen LogP contribution in [-0.2, 0) is 0 Å². The summed E-state index contributed by atoms with van der Waals surface area (Å²) in [7, 11) is 0. The second kappa shape index (κ2) is 4.72. The van der Waals surface area contributed by atoms with Crippen molar-refractivity contribution >= 4 is 28.9 Å². The van der Waals surface area contributed by atoms with Gasteiger partial charge in [0.15, 0.2) is 0 Å². The summed E-state index contributed by atoms with van der Waals surface area (Å²) in [6, 6.07) is 4.83. The highest BCUT2D eigenvalue weighted by molar-refractivity contribution is 6.30. The van der Waals surface area contributed by atoms with Crippen molar-refractivity contribution in [1.29, 1.82) is 0 Å². The zero-order valence-corrected chi connectivity index (χ0v) is 11.6. The lowest BCUT2D eigenvalue weighted by molar-refractivity contribution is 0.631. The van der Waals surface area contributed by atoms with E-state index in [-0.39, 0.29) is 5.82 Å². The quantitative estimate of drug-likeness (QED) is 0.736. The van der Waals surface area contributed by atoms with E-state index in [2.05, 4.69) is 20.4 Å². The molecule has 0 bridgehead atoms. The molecule has 0 saturated heterocycles. The minimum atomic E-state index is -0.351. The summed E-state index contributed by atoms with van der Waals surface area (Å²) >= 11 is 6.06. The molecule has 5 nitrogen and oxygen atoms in total. The molecule has 3 rings (SSSR count). The first-order chi connectivity index (χ1) is 9.56. The lowest BCUT2D eigenvalue weighted by atomic mass is 10.2. The van der Waals surface area contributed by atoms with Crippen LogP contribution in [0.2, 0.25) is 5.15 Å². The summed E-state index contributed by atoms with van der Waals surface area (Å²) in [6.45, 7) is 3.68. The summed E-state index contributed by atoms with van der Waals surface area (Å²) < 4.78 is 15.3. The number of halogens is 2. The molecule has 102 valence electrons. The van der Waals surface area contributed by atoms with Crippen molar-refractivity contribution in [2.24, 2.45) is 0 Å². The highest BCUT2D eigenvalue weighted by Gasteiger charge is 2.14. The van der Waals surface area contributed by atoms with E-state index in [0.717, 1.165) is 5.56 Å². The molecule has 3 aromatic rings. The standard InChI is InChI=1S/C13H11ClFN5/c1-7-3-4-9(15)10(5-7)18-12-8(2)11(14)19-13-16-6-17-20(12)13/h3-6,18H,1-2H3. The van der Waals surface area contributed by atoms with E-state index in [1.54, 1.807) is 19.1 Å². The number of rotatable bonds is 2. The van der Waals surface area contributed by atoms with Crippen LogP contribution in [0.5, 0.6) is 0 Å². The number of aromatic nitrogens is 4. The van der Waals surface area contributed by atoms with Crippen LogP contribution in [0.3, 0.4) is 0 Å². The predicted octanol–water partition coefficient (Wildman–Crippen LogP) is 3.28. The van der Waals surface area contributed by atoms with E-state index >= 15 is 0 Å². The fourth-order valence-electron chi connectivity index (χ4n) is 1.91. The van der Waals surface area contributed by atoms with Gasteiger partial charge >= 0.3 is 0 Å². The molecule has 0 aliphatic heterocycles. The monoisotopic (exact) mass is 291 g/mol. The average Bonchev–Trinajstić information content (AvgIpc) is 2.86. The largest absolute Gasteiger partial charge is 0.337 e. The molecule has 2 aromatic heterocycles. The van der Waals surface area contributed by atoms with Crippen LogP contribution in [0, 0.1) is 19.7 Å². The van der Waals surface area contributed by atoms with Crippen molar-refractivity contribution in [3.63, 3.8) is 0 Å². The van der Waals surface area contributed by atoms with Gasteiger partial charge < -0.3 is 5.32 Å². The first-order valence-electron chi connectivity index (χ1n) is 5.95. The topological polar surface area (TPSA) is 55.1 Å². The Morgan fingerprint density at radius 2 is 2.10 bits per heavy atom. The smallest absolute Gasteiger partial charge is 0.255 e. The van der Waals surface area contributed by atoms with Crippen molar-refractivity contribution in [3.8, 4) is 0 Å². The number of nitrogens with one attached hydrogen (secondary N) is 1. The molecule has 2 heterocycles. The third-order valence-corrected chi connectivity index (χ3v) is 3.35. The summed E-state index contributed by atoms with van der Waals surface area (Å²) in [5, 5.41) is 7.39. The lowest BCUT2D eigenvalue weighted by Gasteiger charge is -2.12. The molecule has 0 fully saturated rings. The van der Waals surface area contributed by atoms with Crippen molar-refractivity contribution in [2.75, 3.05) is 5.32 Å². The summed E-state index contributed by atoms with van der Waals surface area (Å²) in [5.74, 6) is 0.550. The van der Waals surface area contributed by atoms with Gasteiger partial charge in [-0.1, -0.05) is 17.7 Å². The Labute approximate surface area is 119 Å². The molecule has 0 amide bonds. The third-order valence-electron chi connectivity index (χ3n) is 2.98. The zero-order valence-electron chi connectivity index (χ0n) is 10.9. The van der Waals surface area contributed by atoms with Crippen LogP contribution in [0.1, 0.15) is 11.1 Å². The zero-order chi connectivity index (χ0) is 14.3. The molecule has 1 aromatic carbocycles. The maximum Gasteiger partial charge on any atom is 0.255 e. The summed E-state index contributed by atoms with van der Waals surface area (Å²) in [5.41, 5.74) is 1.97. The van der Waals surface area contributed by atoms with Crippen LogP contribution < -0.4 is 5.32 Å². The molecule has 0 spiro atoms. The molecular formula is C13H11ClFN5. The first kappa shape index (κ1) is 12.8. The molecular weight excluding hydrogens is 281 g/mol. The number of aryl methyl sites for hydroxylation is 1. The Kier molecular flexibility index (Phi) is 3.02. The Hall–Kier alpha value is -2.21. The van der Waals surface area contributed by atoms with Crippen molar-refractivity contribution in [3.05, 3.63) is 46.6 Å². The van der Waals surface area contributed by atoms with Gasteiger partial charge in [0.25, 0.3) is 5.78 Å². The van der Waals surface area contributed by atoms with Crippen LogP contribution in [0.25, 0.3) is 5.78 Å². The van der Waals surface area contributed by atoms with Crippen LogP contribution in [-0.4, -0.2) is 19.6 Å². The van der Waals surface area contributed by atoms with Gasteiger partial charge in [-0.2, -0.15) is 19.6 Å². The molecule has 0 radical (unpaired) electrons. The first-order valence-corrected chi connectivity index (χ1v) is 6.33. The van der Waals surface area contributed by atoms with Crippen LogP contribution in [0.15, 0.2) is 24.5 Å². The summed E-state index contributed by atoms with van der Waals surface area (Å²) in [4.78, 5) is 8.08. The molecule has 0 unspecified atom stereocenters. The molecule has 7 heteroatoms. The Bertz CT molecular complexity index is 799. The van der Waals surface area contributed by atoms with Crippen LogP contribution >= 0.6 is 11.6 Å². The van der Waals surface area contributed by atoms with Crippen LogP contribution in [0.4, 0.5) is 15.9 Å². The predicted molar refractivity (Wildman–Crippen MR) is 74.9 cm³/mol. The Balaban J connectivity index is 2.17. The highest BCUT2D eigenvalue weighted by atomic mass is 35.5.